The van der Waals surface area contributed by atoms with Gasteiger partial charge < -0.3 is 50.9 Å². The van der Waals surface area contributed by atoms with Crippen molar-refractivity contribution in [1.29, 1.82) is 0 Å². The molecule has 55 heavy (non-hydrogen) atoms. The van der Waals surface area contributed by atoms with Crippen LogP contribution in [0.2, 0.25) is 0 Å². The van der Waals surface area contributed by atoms with Crippen LogP contribution >= 0.6 is 35.2 Å². The molecule has 10 N–H and O–H groups in total. The zero-order chi connectivity index (χ0) is 41.2. The minimum absolute atomic E-state index is 0.0306. The Bertz CT molecular complexity index is 1830. The SMILES string of the molecule is CCC=CCC(=O)SCCNC(=O)CCNC(=O)C(O)C(C)(C)COP(=O)(O)OP(=O)(O)OCC1OC(n2cnc3c(N)ncnc32)C(O)C1OP(=O)(O)O. The number of allylic oxidation sites excluding steroid dienone is 2. The average molecular weight is 864 g/mol. The number of aliphatic hydroxyl groups is 2. The summed E-state index contributed by atoms with van der Waals surface area (Å²) in [6.45, 7) is 2.45. The monoisotopic (exact) mass is 863 g/mol. The Morgan fingerprint density at radius 1 is 1.07 bits per heavy atom. The number of phosphoric ester groups is 3. The number of nitrogens with zero attached hydrogens (tertiary/aromatic N) is 4. The Kier molecular flexibility index (Phi) is 17.1. The van der Waals surface area contributed by atoms with Crippen molar-refractivity contribution < 1.29 is 80.5 Å². The molecule has 1 saturated heterocycles. The first-order chi connectivity index (χ1) is 25.6. The van der Waals surface area contributed by atoms with E-state index in [0.717, 1.165) is 35.4 Å². The number of amides is 2. The molecular formula is C27H44N7O17P3S. The number of imidazole rings is 1. The lowest BCUT2D eigenvalue weighted by Crippen LogP contribution is -2.46. The van der Waals surface area contributed by atoms with Crippen LogP contribution in [0.5, 0.6) is 0 Å². The molecule has 0 bridgehead atoms. The minimum atomic E-state index is -5.57. The molecule has 3 rings (SSSR count). The van der Waals surface area contributed by atoms with Crippen LogP contribution in [0.4, 0.5) is 5.82 Å². The number of hydrogen-bond acceptors (Lipinski definition) is 18. The van der Waals surface area contributed by atoms with Gasteiger partial charge in [0, 0.05) is 37.1 Å². The zero-order valence-corrected chi connectivity index (χ0v) is 33.1. The molecule has 0 spiro atoms. The standard InChI is InChI=1S/C27H44N7O17P3S/c1-4-5-6-7-18(36)55-11-10-29-17(35)8-9-30-25(39)22(38)27(2,3)13-48-54(45,46)51-53(43,44)47-12-16-21(50-52(40,41)42)20(37)26(49-16)34-15-33-19-23(28)31-14-32-24(19)34/h5-6,14-16,20-22,26,37-38H,4,7-13H2,1-3H3,(H,29,35)(H,30,39)(H,43,44)(H,45,46)(H2,28,31,32)(H2,40,41,42). The minimum Gasteiger partial charge on any atom is -0.386 e. The number of anilines is 1. The van der Waals surface area contributed by atoms with Gasteiger partial charge in [-0.3, -0.25) is 32.5 Å². The van der Waals surface area contributed by atoms with Gasteiger partial charge in [0.25, 0.3) is 0 Å². The maximum absolute atomic E-state index is 12.7. The van der Waals surface area contributed by atoms with Gasteiger partial charge in [0.15, 0.2) is 22.8 Å². The fourth-order valence-electron chi connectivity index (χ4n) is 4.70. The fourth-order valence-corrected chi connectivity index (χ4v) is 8.18. The Morgan fingerprint density at radius 2 is 1.76 bits per heavy atom. The Balaban J connectivity index is 1.49. The zero-order valence-electron chi connectivity index (χ0n) is 29.6. The van der Waals surface area contributed by atoms with Crippen LogP contribution < -0.4 is 16.4 Å². The molecule has 28 heteroatoms. The molecule has 2 aromatic rings. The van der Waals surface area contributed by atoms with Gasteiger partial charge in [0.1, 0.15) is 36.3 Å². The summed E-state index contributed by atoms with van der Waals surface area (Å²) < 4.78 is 62.0. The van der Waals surface area contributed by atoms with Crippen LogP contribution in [0.1, 0.15) is 46.3 Å². The molecule has 2 aromatic heterocycles. The predicted molar refractivity (Wildman–Crippen MR) is 191 cm³/mol. The molecule has 310 valence electrons. The van der Waals surface area contributed by atoms with E-state index in [1.807, 2.05) is 13.0 Å². The first kappa shape index (κ1) is 46.7. The van der Waals surface area contributed by atoms with Crippen LogP contribution in [0, 0.1) is 5.41 Å². The molecule has 2 amide bonds. The maximum atomic E-state index is 12.7. The van der Waals surface area contributed by atoms with Crippen molar-refractivity contribution in [3.8, 4) is 0 Å². The fraction of sp³-hybridized carbons (Fsp3) is 0.630. The van der Waals surface area contributed by atoms with Crippen molar-refractivity contribution in [2.45, 2.75) is 70.7 Å². The summed E-state index contributed by atoms with van der Waals surface area (Å²) >= 11 is 1.07. The van der Waals surface area contributed by atoms with E-state index in [2.05, 4.69) is 34.4 Å². The lowest BCUT2D eigenvalue weighted by molar-refractivity contribution is -0.137. The number of hydrogen-bond donors (Lipinski definition) is 9. The quantitative estimate of drug-likeness (QED) is 0.0428. The molecule has 1 fully saturated rings. The summed E-state index contributed by atoms with van der Waals surface area (Å²) in [7, 11) is -16.4. The summed E-state index contributed by atoms with van der Waals surface area (Å²) in [6.07, 6.45) is -2.16. The molecule has 0 saturated carbocycles. The summed E-state index contributed by atoms with van der Waals surface area (Å²) in [5, 5.41) is 26.3. The number of rotatable bonds is 22. The van der Waals surface area contributed by atoms with E-state index < -0.39 is 84.6 Å². The molecule has 7 atom stereocenters. The number of ether oxygens (including phenoxy) is 1. The Morgan fingerprint density at radius 3 is 2.44 bits per heavy atom. The first-order valence-electron chi connectivity index (χ1n) is 16.3. The van der Waals surface area contributed by atoms with Gasteiger partial charge in [-0.2, -0.15) is 4.31 Å². The number of carbonyl (C=O) groups is 3. The number of nitrogens with one attached hydrogen (secondary N) is 2. The number of thioether (sulfide) groups is 1. The summed E-state index contributed by atoms with van der Waals surface area (Å²) in [4.78, 5) is 87.2. The third-order valence-corrected chi connectivity index (χ3v) is 11.4. The molecule has 0 aliphatic carbocycles. The van der Waals surface area contributed by atoms with Crippen molar-refractivity contribution in [2.75, 3.05) is 37.8 Å². The van der Waals surface area contributed by atoms with Crippen LogP contribution in [0.25, 0.3) is 11.2 Å². The van der Waals surface area contributed by atoms with Crippen LogP contribution in [-0.2, 0) is 50.7 Å². The van der Waals surface area contributed by atoms with Gasteiger partial charge >= 0.3 is 23.5 Å². The normalized spacial score (nSPS) is 22.0. The third-order valence-electron chi connectivity index (χ3n) is 7.45. The van der Waals surface area contributed by atoms with Gasteiger partial charge in [-0.1, -0.05) is 44.7 Å². The molecule has 0 radical (unpaired) electrons. The highest BCUT2D eigenvalue weighted by molar-refractivity contribution is 8.13. The molecule has 1 aliphatic rings. The largest absolute Gasteiger partial charge is 0.481 e. The summed E-state index contributed by atoms with van der Waals surface area (Å²) in [6, 6.07) is 0. The molecular weight excluding hydrogens is 819 g/mol. The summed E-state index contributed by atoms with van der Waals surface area (Å²) in [5.41, 5.74) is 4.26. The number of aliphatic hydroxyl groups excluding tert-OH is 2. The number of nitrogen functional groups attached to an aromatic ring is 1. The highest BCUT2D eigenvalue weighted by Crippen LogP contribution is 2.61. The summed E-state index contributed by atoms with van der Waals surface area (Å²) in [5.74, 6) is -1.10. The van der Waals surface area contributed by atoms with Gasteiger partial charge in [0.2, 0.25) is 11.8 Å². The number of phosphoric acid groups is 3. The maximum Gasteiger partial charge on any atom is 0.481 e. The second kappa shape index (κ2) is 20.1. The van der Waals surface area contributed by atoms with E-state index in [0.29, 0.717) is 5.75 Å². The van der Waals surface area contributed by atoms with E-state index in [-0.39, 0.29) is 48.0 Å². The molecule has 1 aliphatic heterocycles. The number of nitrogens with two attached hydrogens (primary N) is 1. The van der Waals surface area contributed by atoms with E-state index in [1.54, 1.807) is 6.08 Å². The molecule has 3 heterocycles. The highest BCUT2D eigenvalue weighted by Gasteiger charge is 2.50. The smallest absolute Gasteiger partial charge is 0.386 e. The molecule has 0 aromatic carbocycles. The van der Waals surface area contributed by atoms with Gasteiger partial charge in [-0.25, -0.2) is 28.6 Å². The lowest BCUT2D eigenvalue weighted by Gasteiger charge is -2.30. The number of aromatic nitrogens is 4. The van der Waals surface area contributed by atoms with Crippen molar-refractivity contribution in [2.24, 2.45) is 5.41 Å². The third kappa shape index (κ3) is 14.6. The van der Waals surface area contributed by atoms with E-state index in [1.165, 1.54) is 13.8 Å². The highest BCUT2D eigenvalue weighted by atomic mass is 32.2. The van der Waals surface area contributed by atoms with Gasteiger partial charge in [-0.05, 0) is 6.42 Å². The van der Waals surface area contributed by atoms with E-state index >= 15 is 0 Å². The van der Waals surface area contributed by atoms with E-state index in [9.17, 15) is 57.9 Å². The van der Waals surface area contributed by atoms with Crippen molar-refractivity contribution in [3.63, 3.8) is 0 Å². The van der Waals surface area contributed by atoms with E-state index in [4.69, 9.17) is 19.5 Å². The van der Waals surface area contributed by atoms with Crippen LogP contribution in [0.15, 0.2) is 24.8 Å². The lowest BCUT2D eigenvalue weighted by atomic mass is 9.87. The van der Waals surface area contributed by atoms with Crippen molar-refractivity contribution in [3.05, 3.63) is 24.8 Å². The molecule has 24 nitrogen and oxygen atoms in total. The van der Waals surface area contributed by atoms with Gasteiger partial charge in [0.05, 0.1) is 19.5 Å². The number of carbonyl (C=O) groups excluding carboxylic acids is 3. The Hall–Kier alpha value is -2.70. The van der Waals surface area contributed by atoms with Gasteiger partial charge in [-0.15, -0.1) is 0 Å². The first-order valence-corrected chi connectivity index (χ1v) is 21.8. The Labute approximate surface area is 318 Å². The second-order valence-electron chi connectivity index (χ2n) is 12.4. The predicted octanol–water partition coefficient (Wildman–Crippen LogP) is 0.0210. The van der Waals surface area contributed by atoms with Crippen molar-refractivity contribution >= 4 is 69.1 Å². The second-order valence-corrected chi connectivity index (χ2v) is 17.8. The van der Waals surface area contributed by atoms with Crippen LogP contribution in [-0.4, -0.2) is 123 Å². The number of fused-ring (bicyclic) bond motifs is 1. The molecule has 7 unspecified atom stereocenters. The topological polar surface area (TPSA) is 364 Å². The average Bonchev–Trinajstić information content (AvgIpc) is 3.64. The van der Waals surface area contributed by atoms with Crippen molar-refractivity contribution in [1.82, 2.24) is 30.2 Å². The van der Waals surface area contributed by atoms with Crippen LogP contribution in [0.3, 0.4) is 0 Å².